The zero-order valence-corrected chi connectivity index (χ0v) is 14.7. The highest BCUT2D eigenvalue weighted by atomic mass is 16.5. The number of Topliss-reactive ketones (excluding diaryl/α,β-unsaturated/α-hetero) is 1. The van der Waals surface area contributed by atoms with Crippen molar-refractivity contribution in [2.24, 2.45) is 0 Å². The number of methoxy groups -OCH3 is 1. The van der Waals surface area contributed by atoms with Crippen LogP contribution in [0.15, 0.2) is 48.0 Å². The van der Waals surface area contributed by atoms with Crippen LogP contribution in [0.25, 0.3) is 0 Å². The van der Waals surface area contributed by atoms with Gasteiger partial charge < -0.3 is 14.6 Å². The lowest BCUT2D eigenvalue weighted by molar-refractivity contribution is 0.0842. The molecule has 1 aliphatic rings. The maximum absolute atomic E-state index is 12.7. The van der Waals surface area contributed by atoms with Crippen LogP contribution in [-0.4, -0.2) is 18.0 Å². The van der Waals surface area contributed by atoms with Gasteiger partial charge in [-0.05, 0) is 25.8 Å². The van der Waals surface area contributed by atoms with Gasteiger partial charge in [0.2, 0.25) is 0 Å². The molecule has 0 saturated carbocycles. The van der Waals surface area contributed by atoms with Crippen molar-refractivity contribution >= 4 is 5.78 Å². The standard InChI is InChI=1S/C21H22O4/c1-13(2)9-10-15-19(24-3)12-17(23)20-16(22)11-18(25-21(15)20)14-7-5-4-6-8-14/h4-9,12,18,23H,10-11H2,1-3H3. The highest BCUT2D eigenvalue weighted by Crippen LogP contribution is 2.45. The van der Waals surface area contributed by atoms with Gasteiger partial charge in [-0.3, -0.25) is 4.79 Å². The molecule has 0 amide bonds. The van der Waals surface area contributed by atoms with E-state index in [-0.39, 0.29) is 29.6 Å². The summed E-state index contributed by atoms with van der Waals surface area (Å²) in [7, 11) is 1.55. The number of phenols is 1. The average Bonchev–Trinajstić information content (AvgIpc) is 2.60. The van der Waals surface area contributed by atoms with Gasteiger partial charge in [-0.1, -0.05) is 42.0 Å². The van der Waals surface area contributed by atoms with Crippen LogP contribution in [0.5, 0.6) is 17.2 Å². The molecular weight excluding hydrogens is 316 g/mol. The van der Waals surface area contributed by atoms with Crippen LogP contribution in [0.3, 0.4) is 0 Å². The normalized spacial score (nSPS) is 16.0. The molecule has 1 atom stereocenters. The monoisotopic (exact) mass is 338 g/mol. The molecule has 0 spiro atoms. The van der Waals surface area contributed by atoms with Gasteiger partial charge in [0.05, 0.1) is 13.5 Å². The van der Waals surface area contributed by atoms with E-state index in [0.717, 1.165) is 16.7 Å². The summed E-state index contributed by atoms with van der Waals surface area (Å²) in [5, 5.41) is 10.3. The van der Waals surface area contributed by atoms with E-state index in [4.69, 9.17) is 9.47 Å². The Morgan fingerprint density at radius 1 is 1.32 bits per heavy atom. The summed E-state index contributed by atoms with van der Waals surface area (Å²) in [4.78, 5) is 12.7. The van der Waals surface area contributed by atoms with Crippen LogP contribution < -0.4 is 9.47 Å². The summed E-state index contributed by atoms with van der Waals surface area (Å²) in [6, 6.07) is 11.2. The molecule has 1 N–H and O–H groups in total. The van der Waals surface area contributed by atoms with Crippen LogP contribution in [0.1, 0.15) is 47.9 Å². The summed E-state index contributed by atoms with van der Waals surface area (Å²) in [5.41, 5.74) is 3.14. The number of fused-ring (bicyclic) bond motifs is 1. The Hall–Kier alpha value is -2.75. The predicted octanol–water partition coefficient (Wildman–Crippen LogP) is 4.62. The van der Waals surface area contributed by atoms with Crippen molar-refractivity contribution in [3.63, 3.8) is 0 Å². The largest absolute Gasteiger partial charge is 0.507 e. The highest BCUT2D eigenvalue weighted by Gasteiger charge is 2.33. The van der Waals surface area contributed by atoms with Gasteiger partial charge in [0, 0.05) is 11.6 Å². The molecule has 0 bridgehead atoms. The van der Waals surface area contributed by atoms with Crippen molar-refractivity contribution in [2.75, 3.05) is 7.11 Å². The SMILES string of the molecule is COc1cc(O)c2c(c1CC=C(C)C)OC(c1ccccc1)CC2=O. The molecule has 1 heterocycles. The minimum atomic E-state index is -0.363. The number of rotatable bonds is 4. The summed E-state index contributed by atoms with van der Waals surface area (Å²) < 4.78 is 11.6. The molecule has 0 radical (unpaired) electrons. The Kier molecular flexibility index (Phi) is 4.79. The van der Waals surface area contributed by atoms with E-state index < -0.39 is 0 Å². The van der Waals surface area contributed by atoms with Gasteiger partial charge in [-0.25, -0.2) is 0 Å². The quantitative estimate of drug-likeness (QED) is 0.827. The van der Waals surface area contributed by atoms with Gasteiger partial charge in [0.15, 0.2) is 5.78 Å². The van der Waals surface area contributed by atoms with E-state index in [1.807, 2.05) is 44.2 Å². The summed E-state index contributed by atoms with van der Waals surface area (Å²) >= 11 is 0. The number of aromatic hydroxyl groups is 1. The fourth-order valence-corrected chi connectivity index (χ4v) is 3.05. The van der Waals surface area contributed by atoms with Gasteiger partial charge in [-0.15, -0.1) is 0 Å². The van der Waals surface area contributed by atoms with Crippen LogP contribution in [0, 0.1) is 0 Å². The first-order valence-electron chi connectivity index (χ1n) is 8.32. The van der Waals surface area contributed by atoms with Gasteiger partial charge in [0.1, 0.15) is 28.9 Å². The van der Waals surface area contributed by atoms with Gasteiger partial charge in [0.25, 0.3) is 0 Å². The van der Waals surface area contributed by atoms with Crippen molar-refractivity contribution < 1.29 is 19.4 Å². The molecule has 130 valence electrons. The van der Waals surface area contributed by atoms with Crippen molar-refractivity contribution in [3.8, 4) is 17.2 Å². The van der Waals surface area contributed by atoms with Crippen molar-refractivity contribution in [1.82, 2.24) is 0 Å². The van der Waals surface area contributed by atoms with Crippen LogP contribution in [-0.2, 0) is 6.42 Å². The van der Waals surface area contributed by atoms with E-state index in [0.29, 0.717) is 17.9 Å². The number of carbonyl (C=O) groups is 1. The first kappa shape index (κ1) is 17.1. The Labute approximate surface area is 147 Å². The van der Waals surface area contributed by atoms with E-state index in [9.17, 15) is 9.90 Å². The molecule has 3 rings (SSSR count). The summed E-state index contributed by atoms with van der Waals surface area (Å²) in [6.45, 7) is 4.02. The molecule has 0 aromatic heterocycles. The van der Waals surface area contributed by atoms with E-state index >= 15 is 0 Å². The van der Waals surface area contributed by atoms with Crippen molar-refractivity contribution in [2.45, 2.75) is 32.8 Å². The molecule has 0 aliphatic carbocycles. The third kappa shape index (κ3) is 3.38. The molecule has 1 unspecified atom stereocenters. The van der Waals surface area contributed by atoms with Crippen LogP contribution >= 0.6 is 0 Å². The van der Waals surface area contributed by atoms with Gasteiger partial charge in [-0.2, -0.15) is 0 Å². The molecular formula is C21H22O4. The van der Waals surface area contributed by atoms with Gasteiger partial charge >= 0.3 is 0 Å². The lowest BCUT2D eigenvalue weighted by atomic mass is 9.92. The number of allylic oxidation sites excluding steroid dienone is 2. The number of benzene rings is 2. The maximum Gasteiger partial charge on any atom is 0.174 e. The third-order valence-corrected chi connectivity index (χ3v) is 4.34. The van der Waals surface area contributed by atoms with Crippen LogP contribution in [0.2, 0.25) is 0 Å². The second kappa shape index (κ2) is 7.01. The molecule has 2 aromatic rings. The molecule has 0 saturated heterocycles. The molecule has 25 heavy (non-hydrogen) atoms. The molecule has 0 fully saturated rings. The smallest absolute Gasteiger partial charge is 0.174 e. The van der Waals surface area contributed by atoms with Crippen molar-refractivity contribution in [1.29, 1.82) is 0 Å². The Balaban J connectivity index is 2.11. The van der Waals surface area contributed by atoms with Crippen molar-refractivity contribution in [3.05, 3.63) is 64.7 Å². The lowest BCUT2D eigenvalue weighted by Gasteiger charge is -2.28. The Morgan fingerprint density at radius 2 is 2.04 bits per heavy atom. The number of carbonyl (C=O) groups excluding carboxylic acids is 1. The molecule has 1 aliphatic heterocycles. The number of hydrogen-bond acceptors (Lipinski definition) is 4. The molecule has 4 nitrogen and oxygen atoms in total. The summed E-state index contributed by atoms with van der Waals surface area (Å²) in [6.07, 6.45) is 2.47. The topological polar surface area (TPSA) is 55.8 Å². The zero-order valence-electron chi connectivity index (χ0n) is 14.7. The fraction of sp³-hybridized carbons (Fsp3) is 0.286. The average molecular weight is 338 g/mol. The van der Waals surface area contributed by atoms with E-state index in [2.05, 4.69) is 6.08 Å². The van der Waals surface area contributed by atoms with Crippen LogP contribution in [0.4, 0.5) is 0 Å². The second-order valence-electron chi connectivity index (χ2n) is 6.41. The fourth-order valence-electron chi connectivity index (χ4n) is 3.05. The first-order valence-corrected chi connectivity index (χ1v) is 8.32. The minimum Gasteiger partial charge on any atom is -0.507 e. The molecule has 2 aromatic carbocycles. The molecule has 4 heteroatoms. The van der Waals surface area contributed by atoms with E-state index in [1.165, 1.54) is 6.07 Å². The summed E-state index contributed by atoms with van der Waals surface area (Å²) in [5.74, 6) is 0.743. The third-order valence-electron chi connectivity index (χ3n) is 4.34. The minimum absolute atomic E-state index is 0.0932. The Bertz CT molecular complexity index is 818. The first-order chi connectivity index (χ1) is 12.0. The number of ether oxygens (including phenoxy) is 2. The number of hydrogen-bond donors (Lipinski definition) is 1. The number of phenolic OH excluding ortho intramolecular Hbond substituents is 1. The lowest BCUT2D eigenvalue weighted by Crippen LogP contribution is -2.22. The maximum atomic E-state index is 12.7. The number of ketones is 1. The zero-order chi connectivity index (χ0) is 18.0. The highest BCUT2D eigenvalue weighted by molar-refractivity contribution is 6.03. The predicted molar refractivity (Wildman–Crippen MR) is 96.6 cm³/mol. The second-order valence-corrected chi connectivity index (χ2v) is 6.41. The van der Waals surface area contributed by atoms with E-state index in [1.54, 1.807) is 7.11 Å². The Morgan fingerprint density at radius 3 is 2.68 bits per heavy atom.